The highest BCUT2D eigenvalue weighted by Crippen LogP contribution is 2.44. The molecule has 1 saturated carbocycles. The van der Waals surface area contributed by atoms with E-state index in [4.69, 9.17) is 4.74 Å². The van der Waals surface area contributed by atoms with Crippen LogP contribution in [0.25, 0.3) is 0 Å². The molecule has 1 amide bonds. The van der Waals surface area contributed by atoms with Gasteiger partial charge in [-0.25, -0.2) is 0 Å². The molecule has 2 N–H and O–H groups in total. The van der Waals surface area contributed by atoms with Crippen LogP contribution in [0.15, 0.2) is 0 Å². The molecule has 3 rings (SSSR count). The van der Waals surface area contributed by atoms with Gasteiger partial charge in [-0.1, -0.05) is 0 Å². The molecule has 0 aromatic heterocycles. The lowest BCUT2D eigenvalue weighted by Crippen LogP contribution is -2.48. The second-order valence-electron chi connectivity index (χ2n) is 6.54. The van der Waals surface area contributed by atoms with Gasteiger partial charge in [0.2, 0.25) is 5.91 Å². The van der Waals surface area contributed by atoms with Crippen molar-refractivity contribution in [1.29, 1.82) is 0 Å². The SMILES string of the molecule is Cl.O=C(NC1CCC2(CCOCC2)CC1)C1CCCN1. The van der Waals surface area contributed by atoms with E-state index in [0.29, 0.717) is 11.5 Å². The molecule has 1 atom stereocenters. The summed E-state index contributed by atoms with van der Waals surface area (Å²) < 4.78 is 5.48. The topological polar surface area (TPSA) is 50.4 Å². The predicted molar refractivity (Wildman–Crippen MR) is 81.2 cm³/mol. The lowest BCUT2D eigenvalue weighted by Gasteiger charge is -2.43. The van der Waals surface area contributed by atoms with Gasteiger partial charge in [-0.2, -0.15) is 0 Å². The highest BCUT2D eigenvalue weighted by atomic mass is 35.5. The second kappa shape index (κ2) is 7.10. The molecule has 1 spiro atoms. The molecule has 3 fully saturated rings. The van der Waals surface area contributed by atoms with Crippen LogP contribution in [0.5, 0.6) is 0 Å². The van der Waals surface area contributed by atoms with Gasteiger partial charge < -0.3 is 15.4 Å². The van der Waals surface area contributed by atoms with Crippen LogP contribution in [0.1, 0.15) is 51.4 Å². The maximum Gasteiger partial charge on any atom is 0.237 e. The Morgan fingerprint density at radius 1 is 1.10 bits per heavy atom. The zero-order valence-electron chi connectivity index (χ0n) is 12.2. The molecule has 3 aliphatic rings. The van der Waals surface area contributed by atoms with Crippen molar-refractivity contribution in [2.75, 3.05) is 19.8 Å². The number of rotatable bonds is 2. The van der Waals surface area contributed by atoms with Crippen molar-refractivity contribution in [2.24, 2.45) is 5.41 Å². The molecule has 0 bridgehead atoms. The van der Waals surface area contributed by atoms with E-state index in [0.717, 1.165) is 45.4 Å². The molecular weight excluding hydrogens is 276 g/mol. The lowest BCUT2D eigenvalue weighted by atomic mass is 9.68. The molecule has 1 aliphatic carbocycles. The Kier molecular flexibility index (Phi) is 5.70. The average molecular weight is 303 g/mol. The highest BCUT2D eigenvalue weighted by molar-refractivity contribution is 5.85. The van der Waals surface area contributed by atoms with E-state index in [2.05, 4.69) is 10.6 Å². The molecular formula is C15H27ClN2O2. The van der Waals surface area contributed by atoms with Gasteiger partial charge in [-0.15, -0.1) is 12.4 Å². The molecule has 0 aromatic rings. The number of carbonyl (C=O) groups is 1. The Labute approximate surface area is 127 Å². The van der Waals surface area contributed by atoms with Crippen molar-refractivity contribution < 1.29 is 9.53 Å². The van der Waals surface area contributed by atoms with E-state index in [1.165, 1.54) is 25.7 Å². The van der Waals surface area contributed by atoms with Gasteiger partial charge in [0.1, 0.15) is 0 Å². The molecule has 2 aliphatic heterocycles. The van der Waals surface area contributed by atoms with Crippen molar-refractivity contribution in [3.63, 3.8) is 0 Å². The van der Waals surface area contributed by atoms with Crippen molar-refractivity contribution in [3.05, 3.63) is 0 Å². The Balaban J connectivity index is 0.00000147. The average Bonchev–Trinajstić information content (AvgIpc) is 2.97. The van der Waals surface area contributed by atoms with Gasteiger partial charge in [0.15, 0.2) is 0 Å². The maximum absolute atomic E-state index is 12.1. The number of hydrogen-bond donors (Lipinski definition) is 2. The molecule has 116 valence electrons. The number of ether oxygens (including phenoxy) is 1. The zero-order valence-corrected chi connectivity index (χ0v) is 13.0. The molecule has 0 aromatic carbocycles. The van der Waals surface area contributed by atoms with Gasteiger partial charge >= 0.3 is 0 Å². The highest BCUT2D eigenvalue weighted by Gasteiger charge is 2.37. The van der Waals surface area contributed by atoms with Gasteiger partial charge in [-0.05, 0) is 63.3 Å². The third-order valence-corrected chi connectivity index (χ3v) is 5.32. The third kappa shape index (κ3) is 3.66. The minimum Gasteiger partial charge on any atom is -0.381 e. The summed E-state index contributed by atoms with van der Waals surface area (Å²) in [5.41, 5.74) is 0.533. The normalized spacial score (nSPS) is 29.9. The molecule has 4 nitrogen and oxygen atoms in total. The Bertz CT molecular complexity index is 316. The van der Waals surface area contributed by atoms with Crippen molar-refractivity contribution in [1.82, 2.24) is 10.6 Å². The smallest absolute Gasteiger partial charge is 0.237 e. The summed E-state index contributed by atoms with van der Waals surface area (Å²) in [6.45, 7) is 2.86. The number of halogens is 1. The lowest BCUT2D eigenvalue weighted by molar-refractivity contribution is -0.124. The first-order valence-corrected chi connectivity index (χ1v) is 7.89. The Morgan fingerprint density at radius 2 is 1.80 bits per heavy atom. The third-order valence-electron chi connectivity index (χ3n) is 5.32. The molecule has 20 heavy (non-hydrogen) atoms. The first-order chi connectivity index (χ1) is 9.27. The summed E-state index contributed by atoms with van der Waals surface area (Å²) in [4.78, 5) is 12.1. The Hall–Kier alpha value is -0.320. The van der Waals surface area contributed by atoms with Crippen LogP contribution >= 0.6 is 12.4 Å². The first kappa shape index (κ1) is 16.1. The van der Waals surface area contributed by atoms with Crippen molar-refractivity contribution >= 4 is 18.3 Å². The molecule has 1 unspecified atom stereocenters. The molecule has 2 saturated heterocycles. The van der Waals surface area contributed by atoms with Crippen LogP contribution in [0.3, 0.4) is 0 Å². The summed E-state index contributed by atoms with van der Waals surface area (Å²) in [5.74, 6) is 0.227. The Morgan fingerprint density at radius 3 is 2.40 bits per heavy atom. The monoisotopic (exact) mass is 302 g/mol. The largest absolute Gasteiger partial charge is 0.381 e. The van der Waals surface area contributed by atoms with Crippen molar-refractivity contribution in [2.45, 2.75) is 63.5 Å². The number of nitrogens with one attached hydrogen (secondary N) is 2. The fourth-order valence-corrected chi connectivity index (χ4v) is 3.89. The summed E-state index contributed by atoms with van der Waals surface area (Å²) in [6, 6.07) is 0.474. The van der Waals surface area contributed by atoms with Crippen LogP contribution < -0.4 is 10.6 Å². The van der Waals surface area contributed by atoms with Crippen LogP contribution in [0.4, 0.5) is 0 Å². The summed E-state index contributed by atoms with van der Waals surface area (Å²) >= 11 is 0. The van der Waals surface area contributed by atoms with Gasteiger partial charge in [0.05, 0.1) is 6.04 Å². The van der Waals surface area contributed by atoms with E-state index in [1.54, 1.807) is 0 Å². The summed E-state index contributed by atoms with van der Waals surface area (Å²) in [6.07, 6.45) is 9.40. The number of carbonyl (C=O) groups excluding carboxylic acids is 1. The number of amides is 1. The minimum atomic E-state index is 0. The van der Waals surface area contributed by atoms with Gasteiger partial charge in [-0.3, -0.25) is 4.79 Å². The predicted octanol–water partition coefficient (Wildman–Crippen LogP) is 2.02. The quantitative estimate of drug-likeness (QED) is 0.820. The second-order valence-corrected chi connectivity index (χ2v) is 6.54. The first-order valence-electron chi connectivity index (χ1n) is 7.89. The standard InChI is InChI=1S/C15H26N2O2.ClH/c18-14(13-2-1-9-16-13)17-12-3-5-15(6-4-12)7-10-19-11-8-15;/h12-13,16H,1-11H2,(H,17,18);1H. The van der Waals surface area contributed by atoms with E-state index >= 15 is 0 Å². The summed E-state index contributed by atoms with van der Waals surface area (Å²) in [5, 5.41) is 6.52. The van der Waals surface area contributed by atoms with Crippen LogP contribution in [-0.4, -0.2) is 37.7 Å². The van der Waals surface area contributed by atoms with Crippen molar-refractivity contribution in [3.8, 4) is 0 Å². The molecule has 5 heteroatoms. The molecule has 2 heterocycles. The fourth-order valence-electron chi connectivity index (χ4n) is 3.89. The van der Waals surface area contributed by atoms with Gasteiger partial charge in [0.25, 0.3) is 0 Å². The fraction of sp³-hybridized carbons (Fsp3) is 0.933. The summed E-state index contributed by atoms with van der Waals surface area (Å²) in [7, 11) is 0. The van der Waals surface area contributed by atoms with E-state index in [9.17, 15) is 4.79 Å². The van der Waals surface area contributed by atoms with E-state index < -0.39 is 0 Å². The maximum atomic E-state index is 12.1. The minimum absolute atomic E-state index is 0. The zero-order chi connectivity index (χ0) is 13.1. The van der Waals surface area contributed by atoms with Crippen LogP contribution in [0.2, 0.25) is 0 Å². The van der Waals surface area contributed by atoms with E-state index in [-0.39, 0.29) is 24.4 Å². The van der Waals surface area contributed by atoms with Crippen LogP contribution in [0, 0.1) is 5.41 Å². The van der Waals surface area contributed by atoms with Gasteiger partial charge in [0, 0.05) is 19.3 Å². The van der Waals surface area contributed by atoms with Crippen LogP contribution in [-0.2, 0) is 9.53 Å². The molecule has 0 radical (unpaired) electrons. The van der Waals surface area contributed by atoms with E-state index in [1.807, 2.05) is 0 Å². The number of hydrogen-bond acceptors (Lipinski definition) is 3.